The van der Waals surface area contributed by atoms with Gasteiger partial charge in [0.05, 0.1) is 22.1 Å². The van der Waals surface area contributed by atoms with Crippen molar-refractivity contribution in [2.45, 2.75) is 49.4 Å². The number of aromatic nitrogens is 3. The molecule has 0 saturated heterocycles. The van der Waals surface area contributed by atoms with Gasteiger partial charge in [-0.25, -0.2) is 4.39 Å². The molecule has 0 radical (unpaired) electrons. The number of aliphatic hydroxyl groups is 1. The van der Waals surface area contributed by atoms with Crippen LogP contribution in [-0.4, -0.2) is 36.3 Å². The number of aliphatic hydroxyl groups excluding tert-OH is 1. The minimum Gasteiger partial charge on any atom is -0.371 e. The quantitative estimate of drug-likeness (QED) is 0.451. The number of hydrogen-bond acceptors (Lipinski definition) is 5. The minimum atomic E-state index is -4.51. The lowest BCUT2D eigenvalue weighted by molar-refractivity contribution is -0.0896. The van der Waals surface area contributed by atoms with Crippen molar-refractivity contribution in [3.05, 3.63) is 71.1 Å². The van der Waals surface area contributed by atoms with E-state index in [-0.39, 0.29) is 28.7 Å². The Hall–Kier alpha value is -2.63. The Labute approximate surface area is 184 Å². The lowest BCUT2D eigenvalue weighted by atomic mass is 9.93. The fourth-order valence-corrected chi connectivity index (χ4v) is 4.64. The minimum absolute atomic E-state index is 0.0173. The summed E-state index contributed by atoms with van der Waals surface area (Å²) in [4.78, 5) is 0. The van der Waals surface area contributed by atoms with E-state index in [9.17, 15) is 26.9 Å². The molecule has 11 heteroatoms. The summed E-state index contributed by atoms with van der Waals surface area (Å²) in [6.45, 7) is 4.25. The Balaban J connectivity index is 1.81. The maximum Gasteiger partial charge on any atom is 0.416 e. The van der Waals surface area contributed by atoms with Gasteiger partial charge in [0.25, 0.3) is 0 Å². The Morgan fingerprint density at radius 3 is 2.66 bits per heavy atom. The molecule has 6 nitrogen and oxygen atoms in total. The van der Waals surface area contributed by atoms with Crippen molar-refractivity contribution in [3.8, 4) is 0 Å². The van der Waals surface area contributed by atoms with Crippen LogP contribution in [0.25, 0.3) is 6.20 Å². The summed E-state index contributed by atoms with van der Waals surface area (Å²) in [6, 6.07) is 5.84. The van der Waals surface area contributed by atoms with Gasteiger partial charge in [0.15, 0.2) is 12.1 Å². The summed E-state index contributed by atoms with van der Waals surface area (Å²) < 4.78 is 66.8. The summed E-state index contributed by atoms with van der Waals surface area (Å²) in [7, 11) is -1.74. The lowest BCUT2D eigenvalue weighted by Gasteiger charge is -2.27. The molecule has 0 spiro atoms. The van der Waals surface area contributed by atoms with Gasteiger partial charge in [-0.2, -0.15) is 13.2 Å². The van der Waals surface area contributed by atoms with Crippen LogP contribution in [-0.2, 0) is 23.2 Å². The summed E-state index contributed by atoms with van der Waals surface area (Å²) in [5, 5.41) is 21.0. The molecular formula is C21H22F4N4O2S. The fourth-order valence-electron chi connectivity index (χ4n) is 3.43. The van der Waals surface area contributed by atoms with Crippen molar-refractivity contribution in [1.29, 1.82) is 0 Å². The summed E-state index contributed by atoms with van der Waals surface area (Å²) >= 11 is 0. The second kappa shape index (κ2) is 9.88. The lowest BCUT2D eigenvalue weighted by Crippen LogP contribution is -2.37. The van der Waals surface area contributed by atoms with Gasteiger partial charge in [0, 0.05) is 12.2 Å². The summed E-state index contributed by atoms with van der Waals surface area (Å²) in [6.07, 6.45) is -2.12. The second-order valence-corrected chi connectivity index (χ2v) is 8.48. The van der Waals surface area contributed by atoms with Crippen LogP contribution < -0.4 is 5.32 Å². The number of nitrogens with zero attached hydrogens (tertiary/aromatic N) is 3. The summed E-state index contributed by atoms with van der Waals surface area (Å²) in [5.74, 6) is -0.0992. The highest BCUT2D eigenvalue weighted by Crippen LogP contribution is 2.34. The number of rotatable bonds is 8. The highest BCUT2D eigenvalue weighted by atomic mass is 32.2. The number of nitrogens with one attached hydrogen (secondary N) is 1. The number of halogens is 4. The SMILES string of the molecule is C=Cn1c(C(O)NC2CC=CC(C(F)(F)F)=C2C)nnc1S(=O)Cc1ccccc1CF. The molecule has 1 heterocycles. The Morgan fingerprint density at radius 1 is 1.34 bits per heavy atom. The highest BCUT2D eigenvalue weighted by molar-refractivity contribution is 7.84. The number of benzene rings is 1. The van der Waals surface area contributed by atoms with E-state index < -0.39 is 41.5 Å². The Kier molecular flexibility index (Phi) is 7.42. The standard InChI is InChI=1S/C21H22F4N4O2S/c1-3-29-18(19(30)26-17-10-6-9-16(13(17)2)21(23,24)25)27-28-20(29)32(31)12-15-8-5-4-7-14(15)11-22/h3-9,17,19,26,30H,1,10-12H2,2H3. The monoisotopic (exact) mass is 470 g/mol. The van der Waals surface area contributed by atoms with Crippen LogP contribution in [0.4, 0.5) is 17.6 Å². The maximum absolute atomic E-state index is 13.2. The van der Waals surface area contributed by atoms with E-state index in [0.717, 1.165) is 6.08 Å². The van der Waals surface area contributed by atoms with E-state index in [2.05, 4.69) is 22.1 Å². The predicted molar refractivity (Wildman–Crippen MR) is 112 cm³/mol. The molecule has 2 aromatic rings. The van der Waals surface area contributed by atoms with E-state index in [1.54, 1.807) is 24.3 Å². The maximum atomic E-state index is 13.2. The first-order chi connectivity index (χ1) is 15.2. The molecule has 3 atom stereocenters. The van der Waals surface area contributed by atoms with Crippen molar-refractivity contribution >= 4 is 17.0 Å². The molecule has 2 N–H and O–H groups in total. The molecule has 3 unspecified atom stereocenters. The average molecular weight is 470 g/mol. The molecule has 0 saturated carbocycles. The average Bonchev–Trinajstić information content (AvgIpc) is 3.19. The molecule has 0 amide bonds. The first-order valence-electron chi connectivity index (χ1n) is 9.64. The van der Waals surface area contributed by atoms with Crippen molar-refractivity contribution in [2.24, 2.45) is 0 Å². The smallest absolute Gasteiger partial charge is 0.371 e. The van der Waals surface area contributed by atoms with Crippen LogP contribution in [0.3, 0.4) is 0 Å². The third-order valence-electron chi connectivity index (χ3n) is 5.14. The number of hydrogen-bond donors (Lipinski definition) is 2. The largest absolute Gasteiger partial charge is 0.416 e. The second-order valence-electron chi connectivity index (χ2n) is 7.14. The molecule has 0 aliphatic heterocycles. The molecule has 32 heavy (non-hydrogen) atoms. The molecular weight excluding hydrogens is 448 g/mol. The van der Waals surface area contributed by atoms with Crippen LogP contribution >= 0.6 is 0 Å². The van der Waals surface area contributed by atoms with Gasteiger partial charge in [0.1, 0.15) is 6.67 Å². The van der Waals surface area contributed by atoms with Crippen molar-refractivity contribution in [3.63, 3.8) is 0 Å². The van der Waals surface area contributed by atoms with E-state index in [0.29, 0.717) is 11.1 Å². The Bertz CT molecular complexity index is 1080. The topological polar surface area (TPSA) is 80.0 Å². The highest BCUT2D eigenvalue weighted by Gasteiger charge is 2.37. The zero-order valence-corrected chi connectivity index (χ0v) is 18.0. The van der Waals surface area contributed by atoms with Gasteiger partial charge in [-0.1, -0.05) is 43.0 Å². The molecule has 172 valence electrons. The normalized spacial score (nSPS) is 18.6. The van der Waals surface area contributed by atoms with Crippen molar-refractivity contribution in [2.75, 3.05) is 0 Å². The first-order valence-corrected chi connectivity index (χ1v) is 11.0. The van der Waals surface area contributed by atoms with Gasteiger partial charge >= 0.3 is 6.18 Å². The van der Waals surface area contributed by atoms with E-state index in [1.807, 2.05) is 0 Å². The molecule has 1 aliphatic carbocycles. The number of alkyl halides is 4. The van der Waals surface area contributed by atoms with Gasteiger partial charge in [-0.05, 0) is 30.0 Å². The zero-order valence-electron chi connectivity index (χ0n) is 17.1. The molecule has 0 fully saturated rings. The van der Waals surface area contributed by atoms with Gasteiger partial charge in [0.2, 0.25) is 5.16 Å². The van der Waals surface area contributed by atoms with E-state index in [1.165, 1.54) is 23.8 Å². The van der Waals surface area contributed by atoms with Gasteiger partial charge in [-0.3, -0.25) is 14.1 Å². The van der Waals surface area contributed by atoms with Crippen molar-refractivity contribution < 1.29 is 26.9 Å². The third-order valence-corrected chi connectivity index (χ3v) is 6.40. The molecule has 3 rings (SSSR count). The predicted octanol–water partition coefficient (Wildman–Crippen LogP) is 3.94. The van der Waals surface area contributed by atoms with Gasteiger partial charge in [-0.15, -0.1) is 10.2 Å². The van der Waals surface area contributed by atoms with Crippen LogP contribution in [0.2, 0.25) is 0 Å². The fraction of sp³-hybridized carbons (Fsp3) is 0.333. The van der Waals surface area contributed by atoms with Crippen molar-refractivity contribution in [1.82, 2.24) is 20.1 Å². The molecule has 1 aromatic carbocycles. The van der Waals surface area contributed by atoms with Crippen LogP contribution in [0.15, 0.2) is 59.3 Å². The Morgan fingerprint density at radius 2 is 2.03 bits per heavy atom. The van der Waals surface area contributed by atoms with E-state index >= 15 is 0 Å². The van der Waals surface area contributed by atoms with Crippen LogP contribution in [0.5, 0.6) is 0 Å². The summed E-state index contributed by atoms with van der Waals surface area (Å²) in [5.41, 5.74) is 0.212. The van der Waals surface area contributed by atoms with Gasteiger partial charge < -0.3 is 5.11 Å². The third kappa shape index (κ3) is 5.05. The van der Waals surface area contributed by atoms with E-state index in [4.69, 9.17) is 0 Å². The number of allylic oxidation sites excluding steroid dienone is 2. The van der Waals surface area contributed by atoms with Crippen LogP contribution in [0.1, 0.15) is 36.5 Å². The molecule has 1 aromatic heterocycles. The zero-order chi connectivity index (χ0) is 23.5. The molecule has 1 aliphatic rings. The first kappa shape index (κ1) is 24.0. The molecule has 0 bridgehead atoms. The van der Waals surface area contributed by atoms with Crippen LogP contribution in [0, 0.1) is 0 Å².